The largest absolute Gasteiger partial charge is 0.418 e. The van der Waals surface area contributed by atoms with Crippen LogP contribution >= 0.6 is 0 Å². The molecule has 5 heteroatoms. The maximum Gasteiger partial charge on any atom is 0.418 e. The third kappa shape index (κ3) is 3.49. The van der Waals surface area contributed by atoms with Gasteiger partial charge < -0.3 is 0 Å². The summed E-state index contributed by atoms with van der Waals surface area (Å²) in [6.07, 6.45) is -1.24. The van der Waals surface area contributed by atoms with Crippen molar-refractivity contribution in [3.63, 3.8) is 0 Å². The Kier molecular flexibility index (Phi) is 4.28. The van der Waals surface area contributed by atoms with Gasteiger partial charge >= 0.3 is 6.18 Å². The minimum atomic E-state index is -4.43. The first-order valence-corrected chi connectivity index (χ1v) is 8.39. The standard InChI is InChI=1S/C22H15F3N2/c23-22(24,25)20-8-4-5-9-21(20)27-15-19(14-26-27)18-12-10-17(11-13-18)16-6-2-1-3-7-16/h1-15H. The van der Waals surface area contributed by atoms with Crippen LogP contribution in [-0.2, 0) is 6.18 Å². The molecule has 4 aromatic rings. The zero-order valence-electron chi connectivity index (χ0n) is 14.2. The summed E-state index contributed by atoms with van der Waals surface area (Å²) < 4.78 is 41.0. The van der Waals surface area contributed by atoms with E-state index in [2.05, 4.69) is 5.10 Å². The summed E-state index contributed by atoms with van der Waals surface area (Å²) in [7, 11) is 0. The molecule has 0 spiro atoms. The van der Waals surface area contributed by atoms with Crippen LogP contribution in [0, 0.1) is 0 Å². The number of rotatable bonds is 3. The van der Waals surface area contributed by atoms with E-state index in [0.717, 1.165) is 28.3 Å². The number of hydrogen-bond acceptors (Lipinski definition) is 1. The Morgan fingerprint density at radius 2 is 1.19 bits per heavy atom. The maximum absolute atomic E-state index is 13.2. The van der Waals surface area contributed by atoms with Crippen molar-refractivity contribution in [2.24, 2.45) is 0 Å². The fourth-order valence-corrected chi connectivity index (χ4v) is 3.00. The molecule has 0 atom stereocenters. The van der Waals surface area contributed by atoms with Gasteiger partial charge in [0.2, 0.25) is 0 Å². The van der Waals surface area contributed by atoms with E-state index < -0.39 is 11.7 Å². The highest BCUT2D eigenvalue weighted by Gasteiger charge is 2.33. The van der Waals surface area contributed by atoms with Crippen LogP contribution < -0.4 is 0 Å². The van der Waals surface area contributed by atoms with Crippen molar-refractivity contribution < 1.29 is 13.2 Å². The van der Waals surface area contributed by atoms with Crippen molar-refractivity contribution >= 4 is 0 Å². The average Bonchev–Trinajstić information content (AvgIpc) is 3.18. The number of hydrogen-bond donors (Lipinski definition) is 0. The molecule has 0 N–H and O–H groups in total. The topological polar surface area (TPSA) is 17.8 Å². The van der Waals surface area contributed by atoms with Gasteiger partial charge in [0.25, 0.3) is 0 Å². The van der Waals surface area contributed by atoms with E-state index in [1.54, 1.807) is 18.5 Å². The second kappa shape index (κ2) is 6.76. The molecule has 0 aliphatic heterocycles. The summed E-state index contributed by atoms with van der Waals surface area (Å²) in [4.78, 5) is 0. The summed E-state index contributed by atoms with van der Waals surface area (Å²) in [5, 5.41) is 4.13. The second-order valence-electron chi connectivity index (χ2n) is 6.13. The summed E-state index contributed by atoms with van der Waals surface area (Å²) >= 11 is 0. The third-order valence-electron chi connectivity index (χ3n) is 4.36. The normalized spacial score (nSPS) is 11.5. The van der Waals surface area contributed by atoms with Gasteiger partial charge in [-0.1, -0.05) is 66.7 Å². The van der Waals surface area contributed by atoms with Crippen LogP contribution in [0.4, 0.5) is 13.2 Å². The fraction of sp³-hybridized carbons (Fsp3) is 0.0455. The predicted octanol–water partition coefficient (Wildman–Crippen LogP) is 6.23. The van der Waals surface area contributed by atoms with Crippen molar-refractivity contribution in [1.29, 1.82) is 0 Å². The molecule has 0 amide bonds. The van der Waals surface area contributed by atoms with Gasteiger partial charge in [-0.15, -0.1) is 0 Å². The fourth-order valence-electron chi connectivity index (χ4n) is 3.00. The van der Waals surface area contributed by atoms with Crippen molar-refractivity contribution in [3.05, 3.63) is 96.8 Å². The summed E-state index contributed by atoms with van der Waals surface area (Å²) in [6, 6.07) is 23.3. The quantitative estimate of drug-likeness (QED) is 0.422. The Morgan fingerprint density at radius 1 is 0.630 bits per heavy atom. The van der Waals surface area contributed by atoms with Gasteiger partial charge in [0.1, 0.15) is 0 Å². The highest BCUT2D eigenvalue weighted by Crippen LogP contribution is 2.34. The molecule has 4 rings (SSSR count). The van der Waals surface area contributed by atoms with E-state index in [0.29, 0.717) is 0 Å². The molecule has 0 unspecified atom stereocenters. The molecular weight excluding hydrogens is 349 g/mol. The van der Waals surface area contributed by atoms with Crippen LogP contribution in [-0.4, -0.2) is 9.78 Å². The van der Waals surface area contributed by atoms with Gasteiger partial charge in [-0.05, 0) is 28.8 Å². The molecular formula is C22H15F3N2. The SMILES string of the molecule is FC(F)(F)c1ccccc1-n1cc(-c2ccc(-c3ccccc3)cc2)cn1. The molecule has 0 aliphatic carbocycles. The Hall–Kier alpha value is -3.34. The molecule has 0 radical (unpaired) electrons. The summed E-state index contributed by atoms with van der Waals surface area (Å²) in [6.45, 7) is 0. The minimum absolute atomic E-state index is 0.0113. The molecule has 0 saturated heterocycles. The molecule has 0 aliphatic rings. The van der Waals surface area contributed by atoms with Gasteiger partial charge in [-0.3, -0.25) is 0 Å². The molecule has 0 fully saturated rings. The number of halogens is 3. The summed E-state index contributed by atoms with van der Waals surface area (Å²) in [5.74, 6) is 0. The van der Waals surface area contributed by atoms with Gasteiger partial charge in [-0.25, -0.2) is 4.68 Å². The Balaban J connectivity index is 1.66. The first-order valence-electron chi connectivity index (χ1n) is 8.39. The molecule has 0 bridgehead atoms. The van der Waals surface area contributed by atoms with Crippen LogP contribution in [0.3, 0.4) is 0 Å². The molecule has 134 valence electrons. The number of benzene rings is 3. The summed E-state index contributed by atoms with van der Waals surface area (Å²) in [5.41, 5.74) is 3.14. The van der Waals surface area contributed by atoms with Crippen LogP contribution in [0.1, 0.15) is 5.56 Å². The highest BCUT2D eigenvalue weighted by molar-refractivity contribution is 5.70. The van der Waals surface area contributed by atoms with E-state index in [1.165, 1.54) is 16.8 Å². The lowest BCUT2D eigenvalue weighted by molar-refractivity contribution is -0.137. The zero-order chi connectivity index (χ0) is 18.9. The minimum Gasteiger partial charge on any atom is -0.240 e. The number of para-hydroxylation sites is 1. The third-order valence-corrected chi connectivity index (χ3v) is 4.36. The zero-order valence-corrected chi connectivity index (χ0v) is 14.2. The van der Waals surface area contributed by atoms with E-state index in [4.69, 9.17) is 0 Å². The van der Waals surface area contributed by atoms with Gasteiger partial charge in [-0.2, -0.15) is 18.3 Å². The smallest absolute Gasteiger partial charge is 0.240 e. The van der Waals surface area contributed by atoms with Crippen LogP contribution in [0.25, 0.3) is 27.9 Å². The molecule has 2 nitrogen and oxygen atoms in total. The van der Waals surface area contributed by atoms with Crippen LogP contribution in [0.15, 0.2) is 91.3 Å². The van der Waals surface area contributed by atoms with Crippen LogP contribution in [0.5, 0.6) is 0 Å². The number of nitrogens with zero attached hydrogens (tertiary/aromatic N) is 2. The molecule has 1 aromatic heterocycles. The van der Waals surface area contributed by atoms with Gasteiger partial charge in [0.05, 0.1) is 17.4 Å². The molecule has 3 aromatic carbocycles. The molecule has 1 heterocycles. The van der Waals surface area contributed by atoms with Crippen molar-refractivity contribution in [1.82, 2.24) is 9.78 Å². The van der Waals surface area contributed by atoms with Crippen molar-refractivity contribution in [2.75, 3.05) is 0 Å². The molecule has 27 heavy (non-hydrogen) atoms. The van der Waals surface area contributed by atoms with E-state index in [-0.39, 0.29) is 5.69 Å². The van der Waals surface area contributed by atoms with Crippen molar-refractivity contribution in [2.45, 2.75) is 6.18 Å². The predicted molar refractivity (Wildman–Crippen MR) is 99.4 cm³/mol. The van der Waals surface area contributed by atoms with E-state index in [9.17, 15) is 13.2 Å². The lowest BCUT2D eigenvalue weighted by Gasteiger charge is -2.12. The monoisotopic (exact) mass is 364 g/mol. The second-order valence-corrected chi connectivity index (χ2v) is 6.13. The molecule has 0 saturated carbocycles. The van der Waals surface area contributed by atoms with Gasteiger partial charge in [0, 0.05) is 11.8 Å². The van der Waals surface area contributed by atoms with E-state index in [1.807, 2.05) is 54.6 Å². The number of aromatic nitrogens is 2. The lowest BCUT2D eigenvalue weighted by atomic mass is 10.0. The Bertz CT molecular complexity index is 1050. The van der Waals surface area contributed by atoms with Crippen LogP contribution in [0.2, 0.25) is 0 Å². The first kappa shape index (κ1) is 17.1. The lowest BCUT2D eigenvalue weighted by Crippen LogP contribution is -2.10. The Labute approximate surface area is 154 Å². The Morgan fingerprint density at radius 3 is 1.85 bits per heavy atom. The van der Waals surface area contributed by atoms with E-state index >= 15 is 0 Å². The number of alkyl halides is 3. The first-order chi connectivity index (χ1) is 13.0. The highest BCUT2D eigenvalue weighted by atomic mass is 19.4. The average molecular weight is 364 g/mol. The van der Waals surface area contributed by atoms with Gasteiger partial charge in [0.15, 0.2) is 0 Å². The van der Waals surface area contributed by atoms with Crippen molar-refractivity contribution in [3.8, 4) is 27.9 Å². The maximum atomic E-state index is 13.2.